The van der Waals surface area contributed by atoms with Crippen molar-refractivity contribution >= 4 is 34.3 Å². The van der Waals surface area contributed by atoms with Gasteiger partial charge in [-0.3, -0.25) is 4.79 Å². The van der Waals surface area contributed by atoms with E-state index >= 15 is 0 Å². The largest absolute Gasteiger partial charge is 0.497 e. The molecule has 0 saturated carbocycles. The summed E-state index contributed by atoms with van der Waals surface area (Å²) in [6, 6.07) is 13.8. The summed E-state index contributed by atoms with van der Waals surface area (Å²) in [7, 11) is 1.62. The van der Waals surface area contributed by atoms with E-state index in [4.69, 9.17) is 9.72 Å². The topological polar surface area (TPSA) is 51.2 Å². The van der Waals surface area contributed by atoms with Crippen molar-refractivity contribution in [1.82, 2.24) is 4.98 Å². The highest BCUT2D eigenvalue weighted by Gasteiger charge is 2.20. The van der Waals surface area contributed by atoms with E-state index in [-0.39, 0.29) is 11.2 Å². The Morgan fingerprint density at radius 3 is 2.46 bits per heavy atom. The Labute approximate surface area is 170 Å². The Hall–Kier alpha value is -2.53. The first-order valence-electron chi connectivity index (χ1n) is 9.41. The van der Waals surface area contributed by atoms with E-state index in [2.05, 4.69) is 44.3 Å². The van der Waals surface area contributed by atoms with Crippen molar-refractivity contribution in [3.05, 3.63) is 59.2 Å². The molecule has 0 radical (unpaired) electrons. The summed E-state index contributed by atoms with van der Waals surface area (Å²) in [5.41, 5.74) is 5.36. The second-order valence-corrected chi connectivity index (χ2v) is 8.21. The lowest BCUT2D eigenvalue weighted by molar-refractivity contribution is -0.115. The Balaban J connectivity index is 1.80. The molecule has 1 aromatic heterocycles. The number of anilines is 1. The predicted octanol–water partition coefficient (Wildman–Crippen LogP) is 5.68. The zero-order valence-electron chi connectivity index (χ0n) is 17.0. The fourth-order valence-corrected chi connectivity index (χ4v) is 4.25. The van der Waals surface area contributed by atoms with E-state index in [1.165, 1.54) is 28.3 Å². The summed E-state index contributed by atoms with van der Waals surface area (Å²) in [5.74, 6) is 0.749. The molecule has 0 aliphatic heterocycles. The van der Waals surface area contributed by atoms with Gasteiger partial charge in [-0.1, -0.05) is 30.3 Å². The number of methoxy groups -OCH3 is 1. The number of nitrogens with one attached hydrogen (secondary N) is 1. The summed E-state index contributed by atoms with van der Waals surface area (Å²) in [6.45, 7) is 8.31. The van der Waals surface area contributed by atoms with Crippen molar-refractivity contribution in [2.24, 2.45) is 0 Å². The lowest BCUT2D eigenvalue weighted by Crippen LogP contribution is -2.24. The molecule has 3 aromatic rings. The first-order chi connectivity index (χ1) is 13.4. The zero-order chi connectivity index (χ0) is 20.3. The predicted molar refractivity (Wildman–Crippen MR) is 118 cm³/mol. The van der Waals surface area contributed by atoms with Gasteiger partial charge in [0.05, 0.1) is 22.9 Å². The highest BCUT2D eigenvalue weighted by molar-refractivity contribution is 8.00. The van der Waals surface area contributed by atoms with Gasteiger partial charge in [-0.05, 0) is 74.7 Å². The quantitative estimate of drug-likeness (QED) is 0.547. The van der Waals surface area contributed by atoms with Crippen LogP contribution in [0.1, 0.15) is 30.0 Å². The van der Waals surface area contributed by atoms with Crippen LogP contribution in [0.5, 0.6) is 5.75 Å². The molecule has 0 fully saturated rings. The van der Waals surface area contributed by atoms with Crippen LogP contribution >= 0.6 is 11.8 Å². The van der Waals surface area contributed by atoms with Gasteiger partial charge >= 0.3 is 0 Å². The van der Waals surface area contributed by atoms with Crippen LogP contribution in [0.4, 0.5) is 5.69 Å². The molecule has 0 spiro atoms. The van der Waals surface area contributed by atoms with Crippen LogP contribution in [0.3, 0.4) is 0 Å². The lowest BCUT2D eigenvalue weighted by atomic mass is 10.0. The molecular formula is C23H26N2O2S. The maximum atomic E-state index is 12.8. The van der Waals surface area contributed by atoms with E-state index in [9.17, 15) is 4.79 Å². The molecule has 0 saturated heterocycles. The second-order valence-electron chi connectivity index (χ2n) is 6.99. The smallest absolute Gasteiger partial charge is 0.237 e. The molecular weight excluding hydrogens is 368 g/mol. The number of ether oxygens (including phenoxy) is 1. The summed E-state index contributed by atoms with van der Waals surface area (Å²) < 4.78 is 5.16. The number of benzene rings is 2. The van der Waals surface area contributed by atoms with Crippen molar-refractivity contribution in [1.29, 1.82) is 0 Å². The molecule has 1 heterocycles. The molecule has 146 valence electrons. The average Bonchev–Trinajstić information content (AvgIpc) is 2.67. The minimum Gasteiger partial charge on any atom is -0.497 e. The van der Waals surface area contributed by atoms with Gasteiger partial charge in [0, 0.05) is 11.1 Å². The molecule has 28 heavy (non-hydrogen) atoms. The number of amides is 1. The molecule has 2 aromatic carbocycles. The van der Waals surface area contributed by atoms with Crippen LogP contribution in [0.15, 0.2) is 47.5 Å². The van der Waals surface area contributed by atoms with E-state index in [1.54, 1.807) is 7.11 Å². The molecule has 0 aliphatic carbocycles. The van der Waals surface area contributed by atoms with Crippen LogP contribution in [-0.4, -0.2) is 23.3 Å². The normalized spacial score (nSPS) is 12.0. The molecule has 1 N–H and O–H groups in total. The maximum Gasteiger partial charge on any atom is 0.237 e. The van der Waals surface area contributed by atoms with Crippen LogP contribution in [0.2, 0.25) is 0 Å². The van der Waals surface area contributed by atoms with Crippen molar-refractivity contribution in [2.75, 3.05) is 12.4 Å². The second kappa shape index (κ2) is 8.65. The van der Waals surface area contributed by atoms with Crippen molar-refractivity contribution in [2.45, 2.75) is 44.4 Å². The maximum absolute atomic E-state index is 12.8. The molecule has 3 rings (SSSR count). The van der Waals surface area contributed by atoms with Crippen molar-refractivity contribution in [3.63, 3.8) is 0 Å². The van der Waals surface area contributed by atoms with Crippen LogP contribution in [0.25, 0.3) is 10.9 Å². The zero-order valence-corrected chi connectivity index (χ0v) is 17.8. The number of aryl methyl sites for hydroxylation is 3. The van der Waals surface area contributed by atoms with Crippen molar-refractivity contribution < 1.29 is 9.53 Å². The molecule has 4 nitrogen and oxygen atoms in total. The minimum atomic E-state index is -0.211. The van der Waals surface area contributed by atoms with Crippen LogP contribution in [0, 0.1) is 20.8 Å². The highest BCUT2D eigenvalue weighted by atomic mass is 32.2. The number of pyridine rings is 1. The molecule has 1 amide bonds. The van der Waals surface area contributed by atoms with Gasteiger partial charge in [0.25, 0.3) is 0 Å². The third-order valence-electron chi connectivity index (χ3n) is 4.72. The number of rotatable bonds is 6. The summed E-state index contributed by atoms with van der Waals surface area (Å²) in [6.07, 6.45) is 0.721. The number of carbonyl (C=O) groups is 1. The minimum absolute atomic E-state index is 0.0159. The van der Waals surface area contributed by atoms with E-state index in [0.29, 0.717) is 0 Å². The van der Waals surface area contributed by atoms with Gasteiger partial charge in [0.1, 0.15) is 5.75 Å². The van der Waals surface area contributed by atoms with Gasteiger partial charge in [-0.25, -0.2) is 4.98 Å². The fraction of sp³-hybridized carbons (Fsp3) is 0.304. The lowest BCUT2D eigenvalue weighted by Gasteiger charge is -2.16. The molecule has 1 atom stereocenters. The number of thioether (sulfide) groups is 1. The van der Waals surface area contributed by atoms with Crippen LogP contribution < -0.4 is 10.1 Å². The standard InChI is InChI=1S/C23H26N2O2S/c1-6-20(23(26)24-17-7-9-18(27-5)10-8-17)28-21-13-15(3)19-12-14(2)11-16(4)22(19)25-21/h7-13,20H,6H2,1-5H3,(H,24,26). The SMILES string of the molecule is CCC(Sc1cc(C)c2cc(C)cc(C)c2n1)C(=O)Nc1ccc(OC)cc1. The molecule has 1 unspecified atom stereocenters. The third kappa shape index (κ3) is 4.47. The number of fused-ring (bicyclic) bond motifs is 1. The Morgan fingerprint density at radius 1 is 1.11 bits per heavy atom. The Bertz CT molecular complexity index is 1000. The summed E-state index contributed by atoms with van der Waals surface area (Å²) in [4.78, 5) is 17.6. The van der Waals surface area contributed by atoms with E-state index < -0.39 is 0 Å². The highest BCUT2D eigenvalue weighted by Crippen LogP contribution is 2.30. The molecule has 0 bridgehead atoms. The fourth-order valence-electron chi connectivity index (χ4n) is 3.24. The monoisotopic (exact) mass is 394 g/mol. The number of hydrogen-bond donors (Lipinski definition) is 1. The average molecular weight is 395 g/mol. The van der Waals surface area contributed by atoms with E-state index in [0.717, 1.165) is 34.0 Å². The van der Waals surface area contributed by atoms with Crippen molar-refractivity contribution in [3.8, 4) is 5.75 Å². The van der Waals surface area contributed by atoms with Crippen LogP contribution in [-0.2, 0) is 4.79 Å². The van der Waals surface area contributed by atoms with Gasteiger partial charge < -0.3 is 10.1 Å². The van der Waals surface area contributed by atoms with E-state index in [1.807, 2.05) is 31.2 Å². The van der Waals surface area contributed by atoms with Gasteiger partial charge in [-0.15, -0.1) is 0 Å². The number of aromatic nitrogens is 1. The first-order valence-corrected chi connectivity index (χ1v) is 10.3. The Kier molecular flexibility index (Phi) is 6.25. The number of carbonyl (C=O) groups excluding carboxylic acids is 1. The Morgan fingerprint density at radius 2 is 1.82 bits per heavy atom. The van der Waals surface area contributed by atoms with Gasteiger partial charge in [-0.2, -0.15) is 0 Å². The number of nitrogens with zero attached hydrogens (tertiary/aromatic N) is 1. The van der Waals surface area contributed by atoms with Gasteiger partial charge in [0.15, 0.2) is 0 Å². The number of hydrogen-bond acceptors (Lipinski definition) is 4. The van der Waals surface area contributed by atoms with Gasteiger partial charge in [0.2, 0.25) is 5.91 Å². The third-order valence-corrected chi connectivity index (χ3v) is 6.00. The molecule has 5 heteroatoms. The molecule has 0 aliphatic rings. The summed E-state index contributed by atoms with van der Waals surface area (Å²) >= 11 is 1.52. The summed E-state index contributed by atoms with van der Waals surface area (Å²) in [5, 5.41) is 4.84. The first kappa shape index (κ1) is 20.2.